The van der Waals surface area contributed by atoms with Crippen LogP contribution in [0.15, 0.2) is 12.3 Å². The number of nitro groups is 1. The summed E-state index contributed by atoms with van der Waals surface area (Å²) in [5, 5.41) is 10.7. The van der Waals surface area contributed by atoms with E-state index in [2.05, 4.69) is 4.98 Å². The third-order valence-corrected chi connectivity index (χ3v) is 2.29. The van der Waals surface area contributed by atoms with Crippen LogP contribution in [0.2, 0.25) is 0 Å². The molecule has 1 aliphatic rings. The molecule has 0 saturated heterocycles. The largest absolute Gasteiger partial charge is 0.482 e. The number of nitrogens with zero attached hydrogens (tertiary/aromatic N) is 2. The van der Waals surface area contributed by atoms with Crippen LogP contribution in [0.25, 0.3) is 0 Å². The SMILES string of the molecule is CCc1cnc([N+](=O)[O-])c(OC2CC2)c1. The van der Waals surface area contributed by atoms with Gasteiger partial charge in [0.15, 0.2) is 0 Å². The average molecular weight is 208 g/mol. The molecule has 1 aromatic heterocycles. The van der Waals surface area contributed by atoms with Crippen molar-refractivity contribution in [2.45, 2.75) is 32.3 Å². The average Bonchev–Trinajstić information content (AvgIpc) is 3.01. The molecule has 5 nitrogen and oxygen atoms in total. The predicted octanol–water partition coefficient (Wildman–Crippen LogP) is 2.09. The third kappa shape index (κ3) is 2.23. The van der Waals surface area contributed by atoms with Crippen molar-refractivity contribution < 1.29 is 9.66 Å². The standard InChI is InChI=1S/C10H12N2O3/c1-2-7-5-9(15-8-3-4-8)10(11-6-7)12(13)14/h5-6,8H,2-4H2,1H3. The van der Waals surface area contributed by atoms with Crippen LogP contribution in [0.3, 0.4) is 0 Å². The number of rotatable bonds is 4. The van der Waals surface area contributed by atoms with Gasteiger partial charge in [0, 0.05) is 0 Å². The summed E-state index contributed by atoms with van der Waals surface area (Å²) in [6, 6.07) is 1.71. The highest BCUT2D eigenvalue weighted by atomic mass is 16.6. The van der Waals surface area contributed by atoms with Gasteiger partial charge in [-0.05, 0) is 40.8 Å². The molecule has 2 rings (SSSR count). The Morgan fingerprint density at radius 3 is 2.93 bits per heavy atom. The molecule has 1 heterocycles. The van der Waals surface area contributed by atoms with Gasteiger partial charge in [-0.1, -0.05) is 6.92 Å². The molecule has 1 aliphatic carbocycles. The van der Waals surface area contributed by atoms with E-state index >= 15 is 0 Å². The van der Waals surface area contributed by atoms with Gasteiger partial charge in [-0.15, -0.1) is 0 Å². The second kappa shape index (κ2) is 3.84. The lowest BCUT2D eigenvalue weighted by Crippen LogP contribution is -2.02. The maximum atomic E-state index is 10.7. The molecule has 0 aromatic carbocycles. The number of hydrogen-bond donors (Lipinski definition) is 0. The minimum Gasteiger partial charge on any atom is -0.482 e. The fourth-order valence-electron chi connectivity index (χ4n) is 1.26. The van der Waals surface area contributed by atoms with Gasteiger partial charge in [0.25, 0.3) is 0 Å². The van der Waals surface area contributed by atoms with Crippen LogP contribution in [-0.2, 0) is 6.42 Å². The van der Waals surface area contributed by atoms with Gasteiger partial charge < -0.3 is 14.9 Å². The summed E-state index contributed by atoms with van der Waals surface area (Å²) >= 11 is 0. The minimum absolute atomic E-state index is 0.151. The summed E-state index contributed by atoms with van der Waals surface area (Å²) in [6.45, 7) is 1.98. The van der Waals surface area contributed by atoms with Crippen molar-refractivity contribution >= 4 is 5.82 Å². The highest BCUT2D eigenvalue weighted by Gasteiger charge is 2.28. The van der Waals surface area contributed by atoms with E-state index in [0.29, 0.717) is 5.75 Å². The first kappa shape index (κ1) is 9.89. The van der Waals surface area contributed by atoms with Gasteiger partial charge in [-0.25, -0.2) is 0 Å². The first-order chi connectivity index (χ1) is 7.20. The molecule has 1 saturated carbocycles. The second-order valence-electron chi connectivity index (χ2n) is 3.59. The van der Waals surface area contributed by atoms with Crippen LogP contribution in [-0.4, -0.2) is 16.0 Å². The van der Waals surface area contributed by atoms with E-state index < -0.39 is 4.92 Å². The second-order valence-corrected chi connectivity index (χ2v) is 3.59. The number of aryl methyl sites for hydroxylation is 1. The summed E-state index contributed by atoms with van der Waals surface area (Å²) in [7, 11) is 0. The summed E-state index contributed by atoms with van der Waals surface area (Å²) < 4.78 is 5.46. The van der Waals surface area contributed by atoms with Crippen LogP contribution < -0.4 is 4.74 Å². The Labute approximate surface area is 87.2 Å². The molecule has 1 fully saturated rings. The molecule has 5 heteroatoms. The zero-order chi connectivity index (χ0) is 10.8. The Morgan fingerprint density at radius 2 is 2.40 bits per heavy atom. The van der Waals surface area contributed by atoms with Crippen LogP contribution >= 0.6 is 0 Å². The van der Waals surface area contributed by atoms with E-state index in [4.69, 9.17) is 4.74 Å². The van der Waals surface area contributed by atoms with Crippen molar-refractivity contribution in [1.82, 2.24) is 4.98 Å². The van der Waals surface area contributed by atoms with Crippen LogP contribution in [0.1, 0.15) is 25.3 Å². The van der Waals surface area contributed by atoms with E-state index in [1.54, 1.807) is 6.07 Å². The molecule has 0 atom stereocenters. The third-order valence-electron chi connectivity index (χ3n) is 2.29. The van der Waals surface area contributed by atoms with Crippen molar-refractivity contribution in [3.63, 3.8) is 0 Å². The molecule has 0 radical (unpaired) electrons. The molecule has 0 amide bonds. The number of hydrogen-bond acceptors (Lipinski definition) is 4. The molecule has 0 aliphatic heterocycles. The Balaban J connectivity index is 2.30. The van der Waals surface area contributed by atoms with E-state index in [9.17, 15) is 10.1 Å². The summed E-state index contributed by atoms with van der Waals surface area (Å²) in [5.41, 5.74) is 0.955. The summed E-state index contributed by atoms with van der Waals surface area (Å²) in [4.78, 5) is 14.0. The van der Waals surface area contributed by atoms with Crippen molar-refractivity contribution in [3.05, 3.63) is 27.9 Å². The predicted molar refractivity (Wildman–Crippen MR) is 53.9 cm³/mol. The Hall–Kier alpha value is -1.65. The number of pyridine rings is 1. The van der Waals surface area contributed by atoms with E-state index in [1.807, 2.05) is 6.92 Å². The van der Waals surface area contributed by atoms with Crippen LogP contribution in [0.5, 0.6) is 5.75 Å². The molecular formula is C10H12N2O3. The van der Waals surface area contributed by atoms with Gasteiger partial charge in [-0.3, -0.25) is 0 Å². The van der Waals surface area contributed by atoms with E-state index in [0.717, 1.165) is 24.8 Å². The van der Waals surface area contributed by atoms with Gasteiger partial charge in [0.2, 0.25) is 5.75 Å². The molecule has 0 spiro atoms. The number of aromatic nitrogens is 1. The van der Waals surface area contributed by atoms with Gasteiger partial charge in [0.1, 0.15) is 6.20 Å². The Morgan fingerprint density at radius 1 is 1.67 bits per heavy atom. The topological polar surface area (TPSA) is 65.3 Å². The Bertz CT molecular complexity index is 388. The van der Waals surface area contributed by atoms with Crippen molar-refractivity contribution in [1.29, 1.82) is 0 Å². The van der Waals surface area contributed by atoms with Crippen molar-refractivity contribution in [3.8, 4) is 5.75 Å². The van der Waals surface area contributed by atoms with E-state index in [-0.39, 0.29) is 11.9 Å². The van der Waals surface area contributed by atoms with Gasteiger partial charge >= 0.3 is 5.82 Å². The zero-order valence-corrected chi connectivity index (χ0v) is 8.47. The van der Waals surface area contributed by atoms with Crippen LogP contribution in [0, 0.1) is 10.1 Å². The highest BCUT2D eigenvalue weighted by molar-refractivity contribution is 5.42. The van der Waals surface area contributed by atoms with Crippen molar-refractivity contribution in [2.24, 2.45) is 0 Å². The molecule has 1 aromatic rings. The maximum Gasteiger partial charge on any atom is 0.406 e. The van der Waals surface area contributed by atoms with Gasteiger partial charge in [-0.2, -0.15) is 0 Å². The normalized spacial score (nSPS) is 15.0. The smallest absolute Gasteiger partial charge is 0.406 e. The highest BCUT2D eigenvalue weighted by Crippen LogP contribution is 2.32. The van der Waals surface area contributed by atoms with Gasteiger partial charge in [0.05, 0.1) is 6.10 Å². The molecule has 0 unspecified atom stereocenters. The monoisotopic (exact) mass is 208 g/mol. The fourth-order valence-corrected chi connectivity index (χ4v) is 1.26. The fraction of sp³-hybridized carbons (Fsp3) is 0.500. The molecule has 15 heavy (non-hydrogen) atoms. The maximum absolute atomic E-state index is 10.7. The molecule has 0 N–H and O–H groups in total. The lowest BCUT2D eigenvalue weighted by atomic mass is 10.2. The molecule has 80 valence electrons. The summed E-state index contributed by atoms with van der Waals surface area (Å²) in [6.07, 6.45) is 4.43. The van der Waals surface area contributed by atoms with Crippen LogP contribution in [0.4, 0.5) is 5.82 Å². The Kier molecular flexibility index (Phi) is 2.53. The first-order valence-electron chi connectivity index (χ1n) is 5.00. The number of ether oxygens (including phenoxy) is 1. The molecule has 0 bridgehead atoms. The molecular weight excluding hydrogens is 196 g/mol. The first-order valence-corrected chi connectivity index (χ1v) is 5.00. The lowest BCUT2D eigenvalue weighted by Gasteiger charge is -2.05. The van der Waals surface area contributed by atoms with E-state index in [1.165, 1.54) is 6.20 Å². The van der Waals surface area contributed by atoms with Crippen molar-refractivity contribution in [2.75, 3.05) is 0 Å². The lowest BCUT2D eigenvalue weighted by molar-refractivity contribution is -0.390. The zero-order valence-electron chi connectivity index (χ0n) is 8.47. The summed E-state index contributed by atoms with van der Waals surface area (Å²) in [5.74, 6) is 0.126. The quantitative estimate of drug-likeness (QED) is 0.561. The minimum atomic E-state index is -0.503.